The third kappa shape index (κ3) is 10.7. The van der Waals surface area contributed by atoms with Crippen molar-refractivity contribution in [3.63, 3.8) is 0 Å². The van der Waals surface area contributed by atoms with E-state index in [1.807, 2.05) is 51.2 Å². The van der Waals surface area contributed by atoms with Gasteiger partial charge in [-0.25, -0.2) is 8.51 Å². The average Bonchev–Trinajstić information content (AvgIpc) is 3.32. The monoisotopic (exact) mass is 539 g/mol. The highest BCUT2D eigenvalue weighted by Gasteiger charge is 2.14. The number of hydrogen-bond donors (Lipinski definition) is 3. The van der Waals surface area contributed by atoms with Crippen molar-refractivity contribution >= 4 is 69.2 Å². The van der Waals surface area contributed by atoms with Crippen molar-refractivity contribution in [2.75, 3.05) is 32.6 Å². The van der Waals surface area contributed by atoms with E-state index in [1.165, 1.54) is 11.8 Å². The van der Waals surface area contributed by atoms with Gasteiger partial charge in [0, 0.05) is 37.8 Å². The molecule has 1 aromatic carbocycles. The van der Waals surface area contributed by atoms with Crippen LogP contribution >= 0.6 is 46.7 Å². The number of aliphatic hydroxyl groups is 1. The summed E-state index contributed by atoms with van der Waals surface area (Å²) in [5.41, 5.74) is 1.81. The molecule has 0 saturated heterocycles. The van der Waals surface area contributed by atoms with Gasteiger partial charge in [0.2, 0.25) is 0 Å². The van der Waals surface area contributed by atoms with Gasteiger partial charge in [-0.2, -0.15) is 8.75 Å². The lowest BCUT2D eigenvalue weighted by Gasteiger charge is -2.18. The third-order valence-electron chi connectivity index (χ3n) is 3.88. The second-order valence-electron chi connectivity index (χ2n) is 5.79. The highest BCUT2D eigenvalue weighted by Crippen LogP contribution is 2.31. The van der Waals surface area contributed by atoms with Crippen LogP contribution in [-0.4, -0.2) is 49.6 Å². The molecule has 1 aromatic heterocycles. The summed E-state index contributed by atoms with van der Waals surface area (Å²) in [5, 5.41) is 14.1. The van der Waals surface area contributed by atoms with Gasteiger partial charge in [-0.1, -0.05) is 61.5 Å². The van der Waals surface area contributed by atoms with Crippen LogP contribution in [0.5, 0.6) is 0 Å². The zero-order valence-electron chi connectivity index (χ0n) is 19.1. The number of benzene rings is 1. The van der Waals surface area contributed by atoms with E-state index in [4.69, 9.17) is 28.3 Å². The Balaban J connectivity index is 0.000000559. The number of rotatable bonds is 9. The van der Waals surface area contributed by atoms with E-state index in [9.17, 15) is 4.21 Å². The molecule has 0 fully saturated rings. The quantitative estimate of drug-likeness (QED) is 0.367. The molecule has 1 atom stereocenters. The number of anilines is 2. The largest absolute Gasteiger partial charge is 0.400 e. The third-order valence-corrected chi connectivity index (χ3v) is 8.07. The minimum absolute atomic E-state index is 0.488. The fourth-order valence-electron chi connectivity index (χ4n) is 2.02. The van der Waals surface area contributed by atoms with Crippen LogP contribution < -0.4 is 10.6 Å². The zero-order valence-corrected chi connectivity index (χ0v) is 23.1. The SMILES string of the molecule is C=C(S/C(C)=C(\C)NC)S(=O)N(CC)CC.CO.Clc1cccc(Nc2cnsn2)c1Cl. The highest BCUT2D eigenvalue weighted by atomic mass is 35.5. The number of thioether (sulfide) groups is 1. The van der Waals surface area contributed by atoms with Crippen molar-refractivity contribution in [2.45, 2.75) is 27.7 Å². The molecule has 32 heavy (non-hydrogen) atoms. The van der Waals surface area contributed by atoms with E-state index in [0.29, 0.717) is 20.1 Å². The van der Waals surface area contributed by atoms with Gasteiger partial charge < -0.3 is 15.7 Å². The van der Waals surface area contributed by atoms with Crippen LogP contribution in [0.2, 0.25) is 10.0 Å². The van der Waals surface area contributed by atoms with Gasteiger partial charge in [0.15, 0.2) is 5.82 Å². The van der Waals surface area contributed by atoms with Gasteiger partial charge in [0.1, 0.15) is 11.0 Å². The molecule has 7 nitrogen and oxygen atoms in total. The Morgan fingerprint density at radius 3 is 2.41 bits per heavy atom. The smallest absolute Gasteiger partial charge is 0.164 e. The van der Waals surface area contributed by atoms with E-state index in [0.717, 1.165) is 48.2 Å². The Morgan fingerprint density at radius 1 is 1.28 bits per heavy atom. The molecule has 0 saturated carbocycles. The van der Waals surface area contributed by atoms with Crippen LogP contribution in [0, 0.1) is 0 Å². The van der Waals surface area contributed by atoms with Crippen LogP contribution in [0.4, 0.5) is 11.5 Å². The second-order valence-corrected chi connectivity index (χ2v) is 10.2. The molecule has 0 aliphatic heterocycles. The van der Waals surface area contributed by atoms with Gasteiger partial charge in [-0.05, 0) is 26.0 Å². The molecule has 0 radical (unpaired) electrons. The Labute approximate surface area is 212 Å². The standard InChI is InChI=1S/C11H22N2OS2.C8H5Cl2N3S.CH4O/c1-7-13(8-2)16(14)11(5)15-10(4)9(3)12-6;9-5-2-1-3-6(8(5)10)12-7-4-11-14-13-7;1-2/h12H,5,7-8H2,1-4,6H3;1-4H,(H,12,13);2H,1H3/b10-9+;;. The number of aliphatic hydroxyl groups excluding tert-OH is 1. The molecular weight excluding hydrogens is 509 g/mol. The van der Waals surface area contributed by atoms with Gasteiger partial charge in [-0.15, -0.1) is 0 Å². The Hall–Kier alpha value is -1.14. The van der Waals surface area contributed by atoms with Gasteiger partial charge in [0.25, 0.3) is 0 Å². The van der Waals surface area contributed by atoms with Crippen molar-refractivity contribution in [3.05, 3.63) is 55.9 Å². The lowest BCUT2D eigenvalue weighted by atomic mass is 10.3. The van der Waals surface area contributed by atoms with E-state index >= 15 is 0 Å². The number of nitrogens with zero attached hydrogens (tertiary/aromatic N) is 3. The van der Waals surface area contributed by atoms with Crippen LogP contribution in [0.3, 0.4) is 0 Å². The Kier molecular flexibility index (Phi) is 16.7. The Morgan fingerprint density at radius 2 is 1.91 bits per heavy atom. The summed E-state index contributed by atoms with van der Waals surface area (Å²) < 4.78 is 22.5. The van der Waals surface area contributed by atoms with Gasteiger partial charge in [0.05, 0.1) is 37.9 Å². The van der Waals surface area contributed by atoms with Crippen molar-refractivity contribution in [2.24, 2.45) is 0 Å². The Bertz CT molecular complexity index is 876. The molecule has 3 N–H and O–H groups in total. The predicted molar refractivity (Wildman–Crippen MR) is 143 cm³/mol. The molecule has 12 heteroatoms. The highest BCUT2D eigenvalue weighted by molar-refractivity contribution is 8.18. The maximum absolute atomic E-state index is 12.0. The number of nitrogens with one attached hydrogen (secondary N) is 2. The lowest BCUT2D eigenvalue weighted by Crippen LogP contribution is -2.25. The van der Waals surface area contributed by atoms with Crippen molar-refractivity contribution in [1.82, 2.24) is 18.4 Å². The van der Waals surface area contributed by atoms with Crippen LogP contribution in [0.1, 0.15) is 27.7 Å². The molecular formula is C20H31Cl2N5O2S3. The van der Waals surface area contributed by atoms with Crippen LogP contribution in [0.25, 0.3) is 0 Å². The molecule has 2 rings (SSSR count). The number of halogens is 2. The summed E-state index contributed by atoms with van der Waals surface area (Å²) in [7, 11) is 1.78. The van der Waals surface area contributed by atoms with E-state index < -0.39 is 11.0 Å². The normalized spacial score (nSPS) is 11.9. The summed E-state index contributed by atoms with van der Waals surface area (Å²) >= 11 is 14.4. The average molecular weight is 541 g/mol. The van der Waals surface area contributed by atoms with E-state index in [-0.39, 0.29) is 0 Å². The number of aromatic nitrogens is 2. The molecule has 1 unspecified atom stereocenters. The molecule has 0 amide bonds. The van der Waals surface area contributed by atoms with Crippen molar-refractivity contribution in [1.29, 1.82) is 0 Å². The lowest BCUT2D eigenvalue weighted by molar-refractivity contribution is 0.399. The first-order valence-electron chi connectivity index (χ1n) is 9.57. The molecule has 180 valence electrons. The van der Waals surface area contributed by atoms with Crippen LogP contribution in [0.15, 0.2) is 45.8 Å². The summed E-state index contributed by atoms with van der Waals surface area (Å²) in [6.45, 7) is 13.4. The molecule has 0 spiro atoms. The predicted octanol–water partition coefficient (Wildman–Crippen LogP) is 5.86. The van der Waals surface area contributed by atoms with E-state index in [2.05, 4.69) is 26.0 Å². The fraction of sp³-hybridized carbons (Fsp3) is 0.400. The molecule has 2 aromatic rings. The molecule has 0 aliphatic rings. The first-order valence-corrected chi connectivity index (χ1v) is 13.0. The molecule has 0 bridgehead atoms. The van der Waals surface area contributed by atoms with Crippen LogP contribution in [-0.2, 0) is 11.0 Å². The minimum Gasteiger partial charge on any atom is -0.400 e. The summed E-state index contributed by atoms with van der Waals surface area (Å²) in [6.07, 6.45) is 1.63. The van der Waals surface area contributed by atoms with Gasteiger partial charge in [-0.3, -0.25) is 0 Å². The first kappa shape index (κ1) is 30.9. The zero-order chi connectivity index (χ0) is 24.7. The minimum atomic E-state index is -1.10. The number of hydrogen-bond acceptors (Lipinski definition) is 8. The maximum atomic E-state index is 12.0. The first-order chi connectivity index (χ1) is 15.2. The van der Waals surface area contributed by atoms with Crippen molar-refractivity contribution in [3.8, 4) is 0 Å². The maximum Gasteiger partial charge on any atom is 0.164 e. The fourth-order valence-corrected chi connectivity index (χ4v) is 5.07. The molecule has 0 aliphatic carbocycles. The topological polar surface area (TPSA) is 90.4 Å². The summed E-state index contributed by atoms with van der Waals surface area (Å²) in [6, 6.07) is 5.37. The summed E-state index contributed by atoms with van der Waals surface area (Å²) in [4.78, 5) is 1.10. The van der Waals surface area contributed by atoms with Crippen molar-refractivity contribution < 1.29 is 9.32 Å². The molecule has 1 heterocycles. The summed E-state index contributed by atoms with van der Waals surface area (Å²) in [5.74, 6) is 0.666. The van der Waals surface area contributed by atoms with Gasteiger partial charge >= 0.3 is 0 Å². The second kappa shape index (κ2) is 17.4. The number of allylic oxidation sites excluding steroid dienone is 2. The van der Waals surface area contributed by atoms with E-state index in [1.54, 1.807) is 12.3 Å².